The highest BCUT2D eigenvalue weighted by Crippen LogP contribution is 2.35. The maximum absolute atomic E-state index is 13.2. The molecule has 2 aromatic heterocycles. The quantitative estimate of drug-likeness (QED) is 0.473. The molecular formula is C24H23N3O5S. The van der Waals surface area contributed by atoms with Crippen LogP contribution in [-0.2, 0) is 10.0 Å². The standard InChI is InChI=1S/C24H23N3O5S/c1-16-8-9-27-15-20(25-24(27)12-16)17-4-6-21(30-2)19(13-17)26-33(28,29)18-5-7-22-23(14-18)32-11-3-10-31-22/h4-9,12-15,26H,3,10-11H2,1-2H3. The number of imidazole rings is 1. The lowest BCUT2D eigenvalue weighted by Gasteiger charge is -2.14. The molecular weight excluding hydrogens is 442 g/mol. The fourth-order valence-corrected chi connectivity index (χ4v) is 4.76. The third-order valence-corrected chi connectivity index (χ3v) is 6.75. The number of rotatable bonds is 5. The van der Waals surface area contributed by atoms with E-state index in [2.05, 4.69) is 9.71 Å². The van der Waals surface area contributed by atoms with Gasteiger partial charge in [-0.1, -0.05) is 0 Å². The second-order valence-electron chi connectivity index (χ2n) is 7.78. The molecule has 1 N–H and O–H groups in total. The minimum absolute atomic E-state index is 0.0717. The Morgan fingerprint density at radius 1 is 1.03 bits per heavy atom. The first-order valence-electron chi connectivity index (χ1n) is 10.5. The van der Waals surface area contributed by atoms with Crippen LogP contribution in [0.5, 0.6) is 17.2 Å². The zero-order valence-electron chi connectivity index (χ0n) is 18.2. The molecule has 1 aliphatic rings. The number of hydrogen-bond donors (Lipinski definition) is 1. The number of anilines is 1. The van der Waals surface area contributed by atoms with E-state index in [0.29, 0.717) is 36.1 Å². The number of benzene rings is 2. The van der Waals surface area contributed by atoms with Gasteiger partial charge in [-0.2, -0.15) is 0 Å². The van der Waals surface area contributed by atoms with Gasteiger partial charge in [0.15, 0.2) is 11.5 Å². The fourth-order valence-electron chi connectivity index (χ4n) is 3.68. The van der Waals surface area contributed by atoms with E-state index in [-0.39, 0.29) is 4.90 Å². The molecule has 0 spiro atoms. The third kappa shape index (κ3) is 4.19. The SMILES string of the molecule is COc1ccc(-c2cn3ccc(C)cc3n2)cc1NS(=O)(=O)c1ccc2c(c1)OCCCO2. The Bertz CT molecular complexity index is 1450. The Hall–Kier alpha value is -3.72. The molecule has 2 aromatic carbocycles. The Kier molecular flexibility index (Phi) is 5.33. The number of ether oxygens (including phenoxy) is 3. The summed E-state index contributed by atoms with van der Waals surface area (Å²) in [5.41, 5.74) is 3.72. The zero-order valence-corrected chi connectivity index (χ0v) is 19.1. The molecule has 0 radical (unpaired) electrons. The van der Waals surface area contributed by atoms with Gasteiger partial charge in [0.2, 0.25) is 0 Å². The highest BCUT2D eigenvalue weighted by molar-refractivity contribution is 7.92. The first-order valence-corrected chi connectivity index (χ1v) is 12.0. The second kappa shape index (κ2) is 8.32. The van der Waals surface area contributed by atoms with Gasteiger partial charge in [-0.05, 0) is 55.0 Å². The molecule has 0 unspecified atom stereocenters. The van der Waals surface area contributed by atoms with Crippen LogP contribution in [-0.4, -0.2) is 38.1 Å². The molecule has 170 valence electrons. The molecule has 0 fully saturated rings. The number of aryl methyl sites for hydroxylation is 1. The summed E-state index contributed by atoms with van der Waals surface area (Å²) in [6.07, 6.45) is 4.58. The molecule has 0 atom stereocenters. The Labute approximate surface area is 191 Å². The van der Waals surface area contributed by atoms with Crippen LogP contribution in [0.2, 0.25) is 0 Å². The summed E-state index contributed by atoms with van der Waals surface area (Å²) >= 11 is 0. The summed E-state index contributed by atoms with van der Waals surface area (Å²) in [7, 11) is -2.42. The smallest absolute Gasteiger partial charge is 0.262 e. The molecule has 0 saturated heterocycles. The van der Waals surface area contributed by atoms with Crippen molar-refractivity contribution < 1.29 is 22.6 Å². The monoisotopic (exact) mass is 465 g/mol. The average Bonchev–Trinajstić information content (AvgIpc) is 3.07. The number of nitrogens with one attached hydrogen (secondary N) is 1. The van der Waals surface area contributed by atoms with Crippen molar-refractivity contribution in [3.63, 3.8) is 0 Å². The van der Waals surface area contributed by atoms with Crippen LogP contribution in [0.4, 0.5) is 5.69 Å². The van der Waals surface area contributed by atoms with E-state index >= 15 is 0 Å². The van der Waals surface area contributed by atoms with Crippen molar-refractivity contribution in [1.29, 1.82) is 0 Å². The molecule has 0 amide bonds. The van der Waals surface area contributed by atoms with Crippen LogP contribution in [0.1, 0.15) is 12.0 Å². The van der Waals surface area contributed by atoms with Crippen molar-refractivity contribution in [3.05, 3.63) is 66.5 Å². The van der Waals surface area contributed by atoms with Crippen molar-refractivity contribution in [2.75, 3.05) is 25.0 Å². The minimum atomic E-state index is -3.91. The first kappa shape index (κ1) is 21.1. The van der Waals surface area contributed by atoms with Crippen molar-refractivity contribution in [1.82, 2.24) is 9.38 Å². The molecule has 9 heteroatoms. The van der Waals surface area contributed by atoms with Crippen LogP contribution >= 0.6 is 0 Å². The summed E-state index contributed by atoms with van der Waals surface area (Å²) in [4.78, 5) is 4.74. The molecule has 3 heterocycles. The van der Waals surface area contributed by atoms with Gasteiger partial charge in [-0.15, -0.1) is 0 Å². The number of aromatic nitrogens is 2. The van der Waals surface area contributed by atoms with Gasteiger partial charge in [0.25, 0.3) is 10.0 Å². The largest absolute Gasteiger partial charge is 0.495 e. The fraction of sp³-hybridized carbons (Fsp3) is 0.208. The van der Waals surface area contributed by atoms with E-state index in [4.69, 9.17) is 14.2 Å². The van der Waals surface area contributed by atoms with Gasteiger partial charge in [0.1, 0.15) is 11.4 Å². The number of nitrogens with zero attached hydrogens (tertiary/aromatic N) is 2. The Morgan fingerprint density at radius 2 is 1.85 bits per heavy atom. The topological polar surface area (TPSA) is 91.2 Å². The van der Waals surface area contributed by atoms with Crippen molar-refractivity contribution in [2.24, 2.45) is 0 Å². The van der Waals surface area contributed by atoms with E-state index in [1.165, 1.54) is 19.2 Å². The van der Waals surface area contributed by atoms with Crippen LogP contribution in [0.3, 0.4) is 0 Å². The van der Waals surface area contributed by atoms with Gasteiger partial charge in [-0.25, -0.2) is 13.4 Å². The third-order valence-electron chi connectivity index (χ3n) is 5.38. The van der Waals surface area contributed by atoms with E-state index in [1.807, 2.05) is 41.9 Å². The van der Waals surface area contributed by atoms with E-state index in [9.17, 15) is 8.42 Å². The lowest BCUT2D eigenvalue weighted by Crippen LogP contribution is -2.14. The number of fused-ring (bicyclic) bond motifs is 2. The molecule has 4 aromatic rings. The first-order chi connectivity index (χ1) is 15.9. The number of methoxy groups -OCH3 is 1. The number of hydrogen-bond acceptors (Lipinski definition) is 6. The normalized spacial score (nSPS) is 13.5. The van der Waals surface area contributed by atoms with Gasteiger partial charge in [0.05, 0.1) is 36.6 Å². The second-order valence-corrected chi connectivity index (χ2v) is 9.46. The molecule has 0 bridgehead atoms. The van der Waals surface area contributed by atoms with Gasteiger partial charge >= 0.3 is 0 Å². The predicted octanol–water partition coefficient (Wildman–Crippen LogP) is 4.28. The summed E-state index contributed by atoms with van der Waals surface area (Å²) in [6, 6.07) is 13.9. The molecule has 0 aliphatic carbocycles. The Morgan fingerprint density at radius 3 is 2.67 bits per heavy atom. The molecule has 5 rings (SSSR count). The van der Waals surface area contributed by atoms with Crippen molar-refractivity contribution >= 4 is 21.4 Å². The van der Waals surface area contributed by atoms with Crippen LogP contribution in [0.25, 0.3) is 16.9 Å². The van der Waals surface area contributed by atoms with E-state index in [0.717, 1.165) is 28.9 Å². The van der Waals surface area contributed by atoms with Gasteiger partial charge in [0, 0.05) is 30.4 Å². The lowest BCUT2D eigenvalue weighted by molar-refractivity contribution is 0.297. The maximum atomic E-state index is 13.2. The van der Waals surface area contributed by atoms with Crippen LogP contribution in [0.15, 0.2) is 65.8 Å². The lowest BCUT2D eigenvalue weighted by atomic mass is 10.1. The molecule has 1 aliphatic heterocycles. The summed E-state index contributed by atoms with van der Waals surface area (Å²) in [6.45, 7) is 3.01. The van der Waals surface area contributed by atoms with E-state index in [1.54, 1.807) is 18.2 Å². The zero-order chi connectivity index (χ0) is 23.0. The maximum Gasteiger partial charge on any atom is 0.262 e. The van der Waals surface area contributed by atoms with Gasteiger partial charge < -0.3 is 18.6 Å². The molecule has 33 heavy (non-hydrogen) atoms. The summed E-state index contributed by atoms with van der Waals surface area (Å²) in [5.74, 6) is 1.35. The molecule has 0 saturated carbocycles. The number of sulfonamides is 1. The highest BCUT2D eigenvalue weighted by Gasteiger charge is 2.21. The van der Waals surface area contributed by atoms with Crippen LogP contribution < -0.4 is 18.9 Å². The van der Waals surface area contributed by atoms with Gasteiger partial charge in [-0.3, -0.25) is 4.72 Å². The van der Waals surface area contributed by atoms with Crippen molar-refractivity contribution in [2.45, 2.75) is 18.2 Å². The number of pyridine rings is 1. The minimum Gasteiger partial charge on any atom is -0.495 e. The van der Waals surface area contributed by atoms with E-state index < -0.39 is 10.0 Å². The van der Waals surface area contributed by atoms with Crippen molar-refractivity contribution in [3.8, 4) is 28.5 Å². The highest BCUT2D eigenvalue weighted by atomic mass is 32.2. The molecule has 8 nitrogen and oxygen atoms in total. The Balaban J connectivity index is 1.50. The summed E-state index contributed by atoms with van der Waals surface area (Å²) in [5, 5.41) is 0. The average molecular weight is 466 g/mol. The summed E-state index contributed by atoms with van der Waals surface area (Å²) < 4.78 is 47.6. The predicted molar refractivity (Wildman–Crippen MR) is 125 cm³/mol. The van der Waals surface area contributed by atoms with Crippen LogP contribution in [0, 0.1) is 6.92 Å².